The zero-order chi connectivity index (χ0) is 22.2. The Morgan fingerprint density at radius 2 is 1.94 bits per heavy atom. The number of aromatic nitrogens is 2. The fraction of sp³-hybridized carbons (Fsp3) is 0.286. The number of hydrogen-bond donors (Lipinski definition) is 0. The summed E-state index contributed by atoms with van der Waals surface area (Å²) in [6.45, 7) is 0. The van der Waals surface area contributed by atoms with Gasteiger partial charge in [-0.3, -0.25) is 14.2 Å². The Kier molecular flexibility index (Phi) is 6.09. The van der Waals surface area contributed by atoms with Crippen LogP contribution in [0.15, 0.2) is 58.5 Å². The number of para-hydroxylation sites is 1. The topological polar surface area (TPSA) is 89.3 Å². The molecule has 2 heterocycles. The number of carbonyl (C=O) groups excluding carboxylic acids is 1. The van der Waals surface area contributed by atoms with E-state index in [-0.39, 0.29) is 34.8 Å². The minimum atomic E-state index is -3.09. The molecule has 0 aliphatic carbocycles. The zero-order valence-corrected chi connectivity index (χ0v) is 19.1. The number of fused-ring (bicyclic) bond motifs is 1. The van der Waals surface area contributed by atoms with Crippen molar-refractivity contribution in [3.05, 3.63) is 63.9 Å². The van der Waals surface area contributed by atoms with Gasteiger partial charge in [-0.15, -0.1) is 0 Å². The molecule has 0 N–H and O–H groups in total. The summed E-state index contributed by atoms with van der Waals surface area (Å²) < 4.78 is 24.9. The van der Waals surface area contributed by atoms with Crippen molar-refractivity contribution in [2.75, 3.05) is 24.3 Å². The van der Waals surface area contributed by atoms with Crippen molar-refractivity contribution in [1.29, 1.82) is 0 Å². The van der Waals surface area contributed by atoms with Gasteiger partial charge in [0.1, 0.15) is 0 Å². The molecule has 0 bridgehead atoms. The zero-order valence-electron chi connectivity index (χ0n) is 16.7. The molecule has 31 heavy (non-hydrogen) atoms. The smallest absolute Gasteiger partial charge is 0.266 e. The van der Waals surface area contributed by atoms with Gasteiger partial charge >= 0.3 is 0 Å². The Morgan fingerprint density at radius 1 is 1.23 bits per heavy atom. The van der Waals surface area contributed by atoms with E-state index in [1.807, 2.05) is 0 Å². The Hall–Kier alpha value is -2.36. The average Bonchev–Trinajstić information content (AvgIpc) is 3.12. The van der Waals surface area contributed by atoms with Crippen LogP contribution in [0.25, 0.3) is 16.6 Å². The van der Waals surface area contributed by atoms with Crippen molar-refractivity contribution in [2.24, 2.45) is 0 Å². The highest BCUT2D eigenvalue weighted by atomic mass is 35.5. The van der Waals surface area contributed by atoms with Crippen LogP contribution in [0.4, 0.5) is 0 Å². The summed E-state index contributed by atoms with van der Waals surface area (Å²) in [5.74, 6) is -0.0862. The van der Waals surface area contributed by atoms with Gasteiger partial charge in [0.2, 0.25) is 5.91 Å². The van der Waals surface area contributed by atoms with E-state index >= 15 is 0 Å². The summed E-state index contributed by atoms with van der Waals surface area (Å²) >= 11 is 7.14. The van der Waals surface area contributed by atoms with E-state index in [1.54, 1.807) is 55.6 Å². The number of rotatable bonds is 5. The van der Waals surface area contributed by atoms with Crippen molar-refractivity contribution < 1.29 is 13.2 Å². The molecule has 1 aliphatic rings. The molecule has 1 fully saturated rings. The number of hydrogen-bond acceptors (Lipinski definition) is 6. The van der Waals surface area contributed by atoms with Crippen molar-refractivity contribution in [3.63, 3.8) is 0 Å². The molecule has 1 amide bonds. The molecule has 0 radical (unpaired) electrons. The summed E-state index contributed by atoms with van der Waals surface area (Å²) in [6.07, 6.45) is 0.443. The highest BCUT2D eigenvalue weighted by Crippen LogP contribution is 2.24. The van der Waals surface area contributed by atoms with E-state index in [0.717, 1.165) is 11.8 Å². The van der Waals surface area contributed by atoms with Crippen molar-refractivity contribution in [1.82, 2.24) is 14.5 Å². The minimum Gasteiger partial charge on any atom is -0.341 e. The van der Waals surface area contributed by atoms with Crippen LogP contribution >= 0.6 is 23.4 Å². The fourth-order valence-corrected chi connectivity index (χ4v) is 6.38. The van der Waals surface area contributed by atoms with Crippen molar-refractivity contribution >= 4 is 50.0 Å². The van der Waals surface area contributed by atoms with E-state index in [2.05, 4.69) is 4.98 Å². The third-order valence-electron chi connectivity index (χ3n) is 5.30. The maximum atomic E-state index is 13.2. The van der Waals surface area contributed by atoms with Crippen molar-refractivity contribution in [2.45, 2.75) is 17.6 Å². The van der Waals surface area contributed by atoms with Gasteiger partial charge in [0.05, 0.1) is 33.8 Å². The third kappa shape index (κ3) is 4.63. The Bertz CT molecular complexity index is 1310. The van der Waals surface area contributed by atoms with Gasteiger partial charge < -0.3 is 4.90 Å². The van der Waals surface area contributed by atoms with E-state index < -0.39 is 9.84 Å². The molecular weight excluding hydrogens is 458 g/mol. The third-order valence-corrected chi connectivity index (χ3v) is 8.23. The van der Waals surface area contributed by atoms with Crippen LogP contribution in [0.1, 0.15) is 6.42 Å². The lowest BCUT2D eigenvalue weighted by Crippen LogP contribution is -2.39. The van der Waals surface area contributed by atoms with Crippen LogP contribution in [0.3, 0.4) is 0 Å². The number of nitrogens with zero attached hydrogens (tertiary/aromatic N) is 3. The average molecular weight is 478 g/mol. The second kappa shape index (κ2) is 8.64. The molecule has 0 saturated carbocycles. The normalized spacial score (nSPS) is 17.7. The lowest BCUT2D eigenvalue weighted by Gasteiger charge is -2.23. The van der Waals surface area contributed by atoms with Crippen LogP contribution < -0.4 is 5.56 Å². The molecule has 3 aromatic rings. The van der Waals surface area contributed by atoms with Gasteiger partial charge in [0.25, 0.3) is 5.56 Å². The van der Waals surface area contributed by atoms with Crippen LogP contribution in [0.5, 0.6) is 0 Å². The molecule has 162 valence electrons. The molecule has 7 nitrogen and oxygen atoms in total. The van der Waals surface area contributed by atoms with Crippen LogP contribution in [-0.4, -0.2) is 59.1 Å². The van der Waals surface area contributed by atoms with Gasteiger partial charge in [0.15, 0.2) is 15.0 Å². The number of thioether (sulfide) groups is 1. The van der Waals surface area contributed by atoms with E-state index in [4.69, 9.17) is 11.6 Å². The molecule has 4 rings (SSSR count). The predicted molar refractivity (Wildman–Crippen MR) is 123 cm³/mol. The van der Waals surface area contributed by atoms with E-state index in [0.29, 0.717) is 33.2 Å². The second-order valence-corrected chi connectivity index (χ2v) is 11.0. The largest absolute Gasteiger partial charge is 0.341 e. The number of sulfone groups is 1. The first-order valence-corrected chi connectivity index (χ1v) is 12.8. The standard InChI is InChI=1S/C21H20ClN3O4S2/c1-24(16-10-11-31(28,29)13-16)19(26)12-30-21-23-18-5-3-2-4-17(18)20(27)25(21)15-8-6-14(22)7-9-15/h2-9,16H,10-13H2,1H3/t16-/m1/s1. The first-order chi connectivity index (χ1) is 14.7. The second-order valence-electron chi connectivity index (χ2n) is 7.38. The van der Waals surface area contributed by atoms with Gasteiger partial charge in [-0.2, -0.15) is 0 Å². The Balaban J connectivity index is 1.65. The summed E-state index contributed by atoms with van der Waals surface area (Å²) in [5, 5.41) is 1.40. The van der Waals surface area contributed by atoms with Crippen LogP contribution in [-0.2, 0) is 14.6 Å². The number of amides is 1. The predicted octanol–water partition coefficient (Wildman–Crippen LogP) is 2.78. The molecule has 1 aliphatic heterocycles. The molecule has 1 aromatic heterocycles. The maximum absolute atomic E-state index is 13.2. The molecule has 10 heteroatoms. The lowest BCUT2D eigenvalue weighted by molar-refractivity contribution is -0.128. The number of carbonyl (C=O) groups is 1. The molecule has 0 spiro atoms. The molecule has 1 saturated heterocycles. The van der Waals surface area contributed by atoms with Gasteiger partial charge in [-0.05, 0) is 42.8 Å². The first-order valence-electron chi connectivity index (χ1n) is 9.62. The molecule has 2 aromatic carbocycles. The van der Waals surface area contributed by atoms with Gasteiger partial charge in [-0.25, -0.2) is 13.4 Å². The highest BCUT2D eigenvalue weighted by Gasteiger charge is 2.32. The molecule has 0 unspecified atom stereocenters. The SMILES string of the molecule is CN(C(=O)CSc1nc2ccccc2c(=O)n1-c1ccc(Cl)cc1)[C@@H]1CCS(=O)(=O)C1. The summed E-state index contributed by atoms with van der Waals surface area (Å²) in [6, 6.07) is 13.5. The number of benzene rings is 2. The fourth-order valence-electron chi connectivity index (χ4n) is 3.54. The molecule has 1 atom stereocenters. The summed E-state index contributed by atoms with van der Waals surface area (Å²) in [4.78, 5) is 32.0. The van der Waals surface area contributed by atoms with Gasteiger partial charge in [-0.1, -0.05) is 35.5 Å². The monoisotopic (exact) mass is 477 g/mol. The van der Waals surface area contributed by atoms with Crippen LogP contribution in [0, 0.1) is 0 Å². The quantitative estimate of drug-likeness (QED) is 0.414. The summed E-state index contributed by atoms with van der Waals surface area (Å²) in [7, 11) is -1.47. The lowest BCUT2D eigenvalue weighted by atomic mass is 10.2. The number of halogens is 1. The van der Waals surface area contributed by atoms with Crippen LogP contribution in [0.2, 0.25) is 5.02 Å². The van der Waals surface area contributed by atoms with E-state index in [9.17, 15) is 18.0 Å². The Labute approximate surface area is 189 Å². The van der Waals surface area contributed by atoms with Crippen molar-refractivity contribution in [3.8, 4) is 5.69 Å². The molecular formula is C21H20ClN3O4S2. The van der Waals surface area contributed by atoms with Gasteiger partial charge in [0, 0.05) is 18.1 Å². The minimum absolute atomic E-state index is 0.0103. The summed E-state index contributed by atoms with van der Waals surface area (Å²) in [5.41, 5.74) is 0.902. The Morgan fingerprint density at radius 3 is 2.61 bits per heavy atom. The maximum Gasteiger partial charge on any atom is 0.266 e. The highest BCUT2D eigenvalue weighted by molar-refractivity contribution is 7.99. The van der Waals surface area contributed by atoms with E-state index in [1.165, 1.54) is 9.47 Å². The first kappa shape index (κ1) is 21.9.